The number of rotatable bonds is 5. The van der Waals surface area contributed by atoms with E-state index in [1.165, 1.54) is 4.68 Å². The highest BCUT2D eigenvalue weighted by Crippen LogP contribution is 2.13. The summed E-state index contributed by atoms with van der Waals surface area (Å²) >= 11 is 0. The van der Waals surface area contributed by atoms with Gasteiger partial charge in [-0.1, -0.05) is 18.2 Å². The normalized spacial score (nSPS) is 15.5. The molecule has 1 aromatic heterocycles. The third-order valence-electron chi connectivity index (χ3n) is 3.84. The molecule has 2 heterocycles. The topological polar surface area (TPSA) is 56.6 Å². The van der Waals surface area contributed by atoms with Crippen LogP contribution in [0.4, 0.5) is 0 Å². The number of ether oxygens (including phenoxy) is 2. The third-order valence-corrected chi connectivity index (χ3v) is 3.84. The van der Waals surface area contributed by atoms with Crippen LogP contribution in [-0.2, 0) is 4.74 Å². The number of carbonyl (C=O) groups is 1. The average molecular weight is 315 g/mol. The van der Waals surface area contributed by atoms with E-state index < -0.39 is 0 Å². The van der Waals surface area contributed by atoms with Gasteiger partial charge in [0.2, 0.25) is 5.88 Å². The average Bonchev–Trinajstić information content (AvgIpc) is 2.97. The summed E-state index contributed by atoms with van der Waals surface area (Å²) in [6.07, 6.45) is 0. The van der Waals surface area contributed by atoms with Gasteiger partial charge in [-0.2, -0.15) is 4.68 Å². The number of aryl methyl sites for hydroxylation is 1. The van der Waals surface area contributed by atoms with Crippen molar-refractivity contribution in [2.45, 2.75) is 6.92 Å². The molecule has 6 heteroatoms. The summed E-state index contributed by atoms with van der Waals surface area (Å²) in [6, 6.07) is 10.9. The summed E-state index contributed by atoms with van der Waals surface area (Å²) in [6.45, 7) is 6.66. The van der Waals surface area contributed by atoms with Crippen molar-refractivity contribution in [3.8, 4) is 5.88 Å². The fraction of sp³-hybridized carbons (Fsp3) is 0.412. The van der Waals surface area contributed by atoms with Crippen LogP contribution in [0.3, 0.4) is 0 Å². The zero-order valence-electron chi connectivity index (χ0n) is 13.3. The van der Waals surface area contributed by atoms with Gasteiger partial charge in [0.25, 0.3) is 5.91 Å². The fourth-order valence-corrected chi connectivity index (χ4v) is 2.53. The maximum Gasteiger partial charge on any atom is 0.278 e. The first-order valence-electron chi connectivity index (χ1n) is 7.83. The van der Waals surface area contributed by atoms with Crippen molar-refractivity contribution < 1.29 is 14.3 Å². The van der Waals surface area contributed by atoms with E-state index in [1.54, 1.807) is 18.2 Å². The molecule has 1 aromatic carbocycles. The van der Waals surface area contributed by atoms with Crippen molar-refractivity contribution in [1.82, 2.24) is 14.7 Å². The van der Waals surface area contributed by atoms with Gasteiger partial charge >= 0.3 is 0 Å². The zero-order chi connectivity index (χ0) is 16.1. The molecule has 6 nitrogen and oxygen atoms in total. The highest BCUT2D eigenvalue weighted by atomic mass is 16.5. The van der Waals surface area contributed by atoms with Gasteiger partial charge < -0.3 is 9.47 Å². The molecule has 1 aliphatic rings. The Kier molecular flexibility index (Phi) is 5.05. The molecule has 0 aliphatic carbocycles. The van der Waals surface area contributed by atoms with Gasteiger partial charge in [-0.25, -0.2) is 0 Å². The number of carbonyl (C=O) groups excluding carboxylic acids is 1. The van der Waals surface area contributed by atoms with Crippen LogP contribution in [-0.4, -0.2) is 60.0 Å². The molecule has 0 unspecified atom stereocenters. The van der Waals surface area contributed by atoms with Crippen molar-refractivity contribution in [3.05, 3.63) is 47.7 Å². The zero-order valence-corrected chi connectivity index (χ0v) is 13.3. The van der Waals surface area contributed by atoms with Gasteiger partial charge in [-0.05, 0) is 19.1 Å². The first kappa shape index (κ1) is 15.7. The summed E-state index contributed by atoms with van der Waals surface area (Å²) in [5.74, 6) is 0.339. The van der Waals surface area contributed by atoms with Gasteiger partial charge in [0.05, 0.1) is 13.2 Å². The molecule has 3 rings (SSSR count). The number of nitrogens with zero attached hydrogens (tertiary/aromatic N) is 3. The minimum Gasteiger partial charge on any atom is -0.475 e. The van der Waals surface area contributed by atoms with Crippen LogP contribution in [0.1, 0.15) is 16.1 Å². The highest BCUT2D eigenvalue weighted by molar-refractivity contribution is 5.95. The van der Waals surface area contributed by atoms with E-state index in [0.717, 1.165) is 38.5 Å². The molecular weight excluding hydrogens is 294 g/mol. The predicted octanol–water partition coefficient (Wildman–Crippen LogP) is 1.59. The van der Waals surface area contributed by atoms with Crippen molar-refractivity contribution in [2.24, 2.45) is 0 Å². The monoisotopic (exact) mass is 315 g/mol. The van der Waals surface area contributed by atoms with Crippen LogP contribution in [0, 0.1) is 6.92 Å². The minimum atomic E-state index is -0.147. The van der Waals surface area contributed by atoms with Crippen molar-refractivity contribution in [3.63, 3.8) is 0 Å². The Bertz CT molecular complexity index is 648. The van der Waals surface area contributed by atoms with Crippen molar-refractivity contribution in [1.29, 1.82) is 0 Å². The van der Waals surface area contributed by atoms with E-state index in [-0.39, 0.29) is 5.91 Å². The number of benzene rings is 1. The second kappa shape index (κ2) is 7.39. The number of morpholine rings is 1. The smallest absolute Gasteiger partial charge is 0.278 e. The second-order valence-electron chi connectivity index (χ2n) is 5.51. The Morgan fingerprint density at radius 3 is 2.74 bits per heavy atom. The summed E-state index contributed by atoms with van der Waals surface area (Å²) in [5.41, 5.74) is 1.37. The van der Waals surface area contributed by atoms with Crippen LogP contribution in [0.5, 0.6) is 5.88 Å². The first-order valence-corrected chi connectivity index (χ1v) is 7.83. The van der Waals surface area contributed by atoms with Crippen LogP contribution >= 0.6 is 0 Å². The Morgan fingerprint density at radius 1 is 1.26 bits per heavy atom. The Labute approximate surface area is 135 Å². The standard InChI is InChI=1S/C17H21N3O3/c1-14-13-16(23-12-9-19-7-10-22-11-8-19)18-20(14)17(21)15-5-3-2-4-6-15/h2-6,13H,7-12H2,1H3. The van der Waals surface area contributed by atoms with Gasteiger partial charge in [0, 0.05) is 37.0 Å². The summed E-state index contributed by atoms with van der Waals surface area (Å²) in [4.78, 5) is 14.7. The van der Waals surface area contributed by atoms with Gasteiger partial charge in [0.1, 0.15) is 6.61 Å². The molecule has 0 spiro atoms. The lowest BCUT2D eigenvalue weighted by Crippen LogP contribution is -2.38. The highest BCUT2D eigenvalue weighted by Gasteiger charge is 2.15. The largest absolute Gasteiger partial charge is 0.475 e. The maximum atomic E-state index is 12.4. The number of aromatic nitrogens is 2. The summed E-state index contributed by atoms with van der Waals surface area (Å²) in [5, 5.41) is 4.27. The van der Waals surface area contributed by atoms with E-state index >= 15 is 0 Å². The van der Waals surface area contributed by atoms with E-state index in [1.807, 2.05) is 25.1 Å². The molecule has 0 saturated carbocycles. The van der Waals surface area contributed by atoms with E-state index in [0.29, 0.717) is 18.1 Å². The summed E-state index contributed by atoms with van der Waals surface area (Å²) < 4.78 is 12.4. The molecule has 1 saturated heterocycles. The molecular formula is C17H21N3O3. The van der Waals surface area contributed by atoms with Gasteiger partial charge in [-0.15, -0.1) is 5.10 Å². The van der Waals surface area contributed by atoms with Crippen LogP contribution < -0.4 is 4.74 Å². The number of hydrogen-bond acceptors (Lipinski definition) is 5. The molecule has 1 aliphatic heterocycles. The molecule has 122 valence electrons. The molecule has 0 radical (unpaired) electrons. The molecule has 0 N–H and O–H groups in total. The SMILES string of the molecule is Cc1cc(OCCN2CCOCC2)nn1C(=O)c1ccccc1. The molecule has 0 amide bonds. The Hall–Kier alpha value is -2.18. The first-order chi connectivity index (χ1) is 11.2. The van der Waals surface area contributed by atoms with E-state index in [2.05, 4.69) is 10.00 Å². The molecule has 1 fully saturated rings. The quantitative estimate of drug-likeness (QED) is 0.839. The third kappa shape index (κ3) is 3.97. The second-order valence-corrected chi connectivity index (χ2v) is 5.51. The molecule has 0 bridgehead atoms. The van der Waals surface area contributed by atoms with Gasteiger partial charge in [0.15, 0.2) is 0 Å². The fourth-order valence-electron chi connectivity index (χ4n) is 2.53. The molecule has 2 aromatic rings. The van der Waals surface area contributed by atoms with Crippen molar-refractivity contribution >= 4 is 5.91 Å². The minimum absolute atomic E-state index is 0.147. The lowest BCUT2D eigenvalue weighted by molar-refractivity contribution is 0.0319. The lowest BCUT2D eigenvalue weighted by atomic mass is 10.2. The van der Waals surface area contributed by atoms with Crippen LogP contribution in [0.15, 0.2) is 36.4 Å². The Morgan fingerprint density at radius 2 is 2.00 bits per heavy atom. The van der Waals surface area contributed by atoms with Crippen LogP contribution in [0.2, 0.25) is 0 Å². The molecule has 23 heavy (non-hydrogen) atoms. The van der Waals surface area contributed by atoms with Crippen molar-refractivity contribution in [2.75, 3.05) is 39.5 Å². The van der Waals surface area contributed by atoms with E-state index in [4.69, 9.17) is 9.47 Å². The Balaban J connectivity index is 1.58. The predicted molar refractivity (Wildman–Crippen MR) is 85.9 cm³/mol. The van der Waals surface area contributed by atoms with E-state index in [9.17, 15) is 4.79 Å². The lowest BCUT2D eigenvalue weighted by Gasteiger charge is -2.26. The number of hydrogen-bond donors (Lipinski definition) is 0. The maximum absolute atomic E-state index is 12.4. The summed E-state index contributed by atoms with van der Waals surface area (Å²) in [7, 11) is 0. The van der Waals surface area contributed by atoms with Crippen LogP contribution in [0.25, 0.3) is 0 Å². The van der Waals surface area contributed by atoms with Gasteiger partial charge in [-0.3, -0.25) is 9.69 Å². The molecule has 0 atom stereocenters.